The Balaban J connectivity index is 1.90. The molecule has 13 atom stereocenters. The third-order valence-electron chi connectivity index (χ3n) is 13.6. The lowest BCUT2D eigenvalue weighted by molar-refractivity contribution is -0.258. The van der Waals surface area contributed by atoms with Gasteiger partial charge in [0.05, 0.1) is 31.0 Å². The maximum absolute atomic E-state index is 14.4. The summed E-state index contributed by atoms with van der Waals surface area (Å²) in [4.78, 5) is 69.8. The molecular formula is C50H80BrNO13. The lowest BCUT2D eigenvalue weighted by Crippen LogP contribution is -2.61. The van der Waals surface area contributed by atoms with Crippen molar-refractivity contribution < 1.29 is 62.6 Å². The first-order valence-corrected chi connectivity index (χ1v) is 24.9. The number of allylic oxidation sites excluding steroid dienone is 4. The lowest BCUT2D eigenvalue weighted by Gasteiger charge is -2.41. The number of rotatable bonds is 26. The molecule has 1 aliphatic carbocycles. The highest BCUT2D eigenvalue weighted by molar-refractivity contribution is 9.09. The van der Waals surface area contributed by atoms with Crippen LogP contribution in [0.5, 0.6) is 0 Å². The Labute approximate surface area is 396 Å². The number of aliphatic hydroxyl groups is 2. The Morgan fingerprint density at radius 2 is 1.69 bits per heavy atom. The number of halogens is 1. The predicted molar refractivity (Wildman–Crippen MR) is 251 cm³/mol. The molecule has 14 nitrogen and oxygen atoms in total. The van der Waals surface area contributed by atoms with Gasteiger partial charge in [-0.15, -0.1) is 6.58 Å². The van der Waals surface area contributed by atoms with Crippen molar-refractivity contribution >= 4 is 45.3 Å². The summed E-state index contributed by atoms with van der Waals surface area (Å²) in [6.45, 7) is 15.2. The third-order valence-corrected chi connectivity index (χ3v) is 14.2. The van der Waals surface area contributed by atoms with E-state index in [1.807, 2.05) is 32.9 Å². The van der Waals surface area contributed by atoms with E-state index in [0.717, 1.165) is 36.6 Å². The second-order valence-electron chi connectivity index (χ2n) is 19.0. The van der Waals surface area contributed by atoms with Gasteiger partial charge in [0.1, 0.15) is 24.0 Å². The molecular weight excluding hydrogens is 902 g/mol. The molecule has 3 fully saturated rings. The van der Waals surface area contributed by atoms with Crippen molar-refractivity contribution in [2.24, 2.45) is 29.6 Å². The second kappa shape index (κ2) is 27.9. The lowest BCUT2D eigenvalue weighted by atomic mass is 9.81. The molecule has 0 aromatic carbocycles. The Kier molecular flexibility index (Phi) is 24.3. The SMILES string of the molecule is C=CCC(/C=C(\C)C[C@H](C)C[C@@H](C)OC)C(=O)C[C@H](O)[C@@H](C)[C@H](OC(=O)C1CCCCN1C(=O)C(=O)C1(O)OC[C@@H](OC)CC1C)/C(C)=C/[C@@H]1CC[C@@H](OC(=O)CCCCBr)[C@H](OC)C1. The number of likely N-dealkylation sites (tertiary alicyclic amines) is 1. The Bertz CT molecular complexity index is 1630. The zero-order valence-corrected chi connectivity index (χ0v) is 42.2. The average Bonchev–Trinajstić information content (AvgIpc) is 3.28. The molecule has 0 spiro atoms. The number of piperidine rings is 1. The van der Waals surface area contributed by atoms with Crippen LogP contribution in [0.15, 0.2) is 36.0 Å². The standard InChI is InChI=1S/C50H80BrNO13/c1-11-16-38(25-32(3)23-31(2)24-35(6)60-8)42(54)29-41(53)36(7)46(33(4)26-37-19-20-43(44(28-37)62-10)64-45(55)18-12-14-21-51)65-49(58)40-17-13-15-22-52(40)48(57)47(56)50(59)34(5)27-39(61-9)30-63-50/h11,25-26,31,34-41,43-44,46,53,59H,1,12-24,27-30H2,2-10H3/b32-25+,33-26+/t31-,34?,35+,36+,37-,38?,39-,40?,41-,43+,44+,46+,50?/m0/s1. The summed E-state index contributed by atoms with van der Waals surface area (Å²) >= 11 is 3.40. The molecule has 2 aliphatic heterocycles. The molecule has 0 aromatic rings. The van der Waals surface area contributed by atoms with E-state index in [4.69, 9.17) is 28.4 Å². The molecule has 1 saturated carbocycles. The van der Waals surface area contributed by atoms with Gasteiger partial charge in [-0.25, -0.2) is 4.79 Å². The summed E-state index contributed by atoms with van der Waals surface area (Å²) in [5, 5.41) is 24.0. The quantitative estimate of drug-likeness (QED) is 0.0288. The zero-order chi connectivity index (χ0) is 48.4. The van der Waals surface area contributed by atoms with Crippen molar-refractivity contribution in [2.75, 3.05) is 39.8 Å². The number of unbranched alkanes of at least 4 members (excludes halogenated alkanes) is 1. The molecule has 15 heteroatoms. The number of ether oxygens (including phenoxy) is 6. The highest BCUT2D eigenvalue weighted by Gasteiger charge is 2.52. The first kappa shape index (κ1) is 56.5. The van der Waals surface area contributed by atoms with Gasteiger partial charge in [0.25, 0.3) is 11.7 Å². The number of carbonyl (C=O) groups is 5. The van der Waals surface area contributed by atoms with E-state index in [1.54, 1.807) is 34.1 Å². The predicted octanol–water partition coefficient (Wildman–Crippen LogP) is 7.39. The number of amides is 1. The number of methoxy groups -OCH3 is 3. The molecule has 2 N–H and O–H groups in total. The summed E-state index contributed by atoms with van der Waals surface area (Å²) in [5.74, 6) is -7.53. The number of Topliss-reactive ketones (excluding diaryl/α,β-unsaturated/α-hetero) is 2. The van der Waals surface area contributed by atoms with E-state index in [-0.39, 0.29) is 62.0 Å². The van der Waals surface area contributed by atoms with Crippen LogP contribution < -0.4 is 0 Å². The first-order chi connectivity index (χ1) is 30.8. The van der Waals surface area contributed by atoms with Crippen molar-refractivity contribution in [3.8, 4) is 0 Å². The van der Waals surface area contributed by atoms with Gasteiger partial charge in [0.2, 0.25) is 5.79 Å². The number of carbonyl (C=O) groups excluding carboxylic acids is 5. The fourth-order valence-corrected chi connectivity index (χ4v) is 10.0. The van der Waals surface area contributed by atoms with Gasteiger partial charge >= 0.3 is 11.9 Å². The normalized spacial score (nSPS) is 28.3. The maximum Gasteiger partial charge on any atom is 0.329 e. The van der Waals surface area contributed by atoms with Gasteiger partial charge in [0.15, 0.2) is 0 Å². The monoisotopic (exact) mass is 981 g/mol. The van der Waals surface area contributed by atoms with Crippen LogP contribution in [0.25, 0.3) is 0 Å². The van der Waals surface area contributed by atoms with Gasteiger partial charge in [0, 0.05) is 63.8 Å². The third kappa shape index (κ3) is 16.7. The van der Waals surface area contributed by atoms with Gasteiger partial charge in [-0.1, -0.05) is 60.5 Å². The van der Waals surface area contributed by atoms with E-state index < -0.39 is 65.6 Å². The van der Waals surface area contributed by atoms with Crippen LogP contribution in [-0.4, -0.2) is 133 Å². The number of ketones is 2. The summed E-state index contributed by atoms with van der Waals surface area (Å²) in [6.07, 6.45) is 9.54. The molecule has 3 rings (SSSR count). The van der Waals surface area contributed by atoms with Crippen molar-refractivity contribution in [2.45, 2.75) is 180 Å². The number of esters is 2. The highest BCUT2D eigenvalue weighted by atomic mass is 79.9. The second-order valence-corrected chi connectivity index (χ2v) is 19.8. The van der Waals surface area contributed by atoms with Crippen LogP contribution in [0, 0.1) is 29.6 Å². The Morgan fingerprint density at radius 3 is 2.32 bits per heavy atom. The van der Waals surface area contributed by atoms with Crippen LogP contribution in [0.2, 0.25) is 0 Å². The topological polar surface area (TPSA) is 184 Å². The summed E-state index contributed by atoms with van der Waals surface area (Å²) < 4.78 is 34.3. The van der Waals surface area contributed by atoms with Crippen LogP contribution in [-0.2, 0) is 52.4 Å². The minimum absolute atomic E-state index is 0.0591. The minimum atomic E-state index is -2.38. The van der Waals surface area contributed by atoms with E-state index in [0.29, 0.717) is 62.9 Å². The van der Waals surface area contributed by atoms with E-state index in [1.165, 1.54) is 12.0 Å². The van der Waals surface area contributed by atoms with Crippen LogP contribution in [0.3, 0.4) is 0 Å². The number of nitrogens with zero attached hydrogens (tertiary/aromatic N) is 1. The number of hydrogen-bond acceptors (Lipinski definition) is 13. The van der Waals surface area contributed by atoms with Gasteiger partial charge < -0.3 is 43.5 Å². The highest BCUT2D eigenvalue weighted by Crippen LogP contribution is 2.35. The number of aliphatic hydroxyl groups excluding tert-OH is 1. The summed E-state index contributed by atoms with van der Waals surface area (Å²) in [6, 6.07) is -1.15. The molecule has 0 radical (unpaired) electrons. The van der Waals surface area contributed by atoms with Crippen LogP contribution in [0.1, 0.15) is 131 Å². The fraction of sp³-hybridized carbons (Fsp3) is 0.780. The molecule has 2 heterocycles. The Morgan fingerprint density at radius 1 is 0.969 bits per heavy atom. The fourth-order valence-electron chi connectivity index (χ4n) is 9.61. The van der Waals surface area contributed by atoms with E-state index in [9.17, 15) is 34.2 Å². The molecule has 370 valence electrons. The summed E-state index contributed by atoms with van der Waals surface area (Å²) in [7, 11) is 4.79. The molecule has 2 saturated heterocycles. The minimum Gasteiger partial charge on any atom is -0.460 e. The molecule has 0 aromatic heterocycles. The van der Waals surface area contributed by atoms with Crippen molar-refractivity contribution in [3.05, 3.63) is 36.0 Å². The number of hydrogen-bond donors (Lipinski definition) is 2. The van der Waals surface area contributed by atoms with Gasteiger partial charge in [-0.05, 0) is 115 Å². The average molecular weight is 983 g/mol. The maximum atomic E-state index is 14.4. The largest absolute Gasteiger partial charge is 0.460 e. The van der Waals surface area contributed by atoms with E-state index in [2.05, 4.69) is 29.4 Å². The smallest absolute Gasteiger partial charge is 0.329 e. The van der Waals surface area contributed by atoms with Crippen molar-refractivity contribution in [1.82, 2.24) is 4.90 Å². The Hall–Kier alpha value is -2.79. The van der Waals surface area contributed by atoms with Crippen molar-refractivity contribution in [3.63, 3.8) is 0 Å². The molecule has 0 bridgehead atoms. The van der Waals surface area contributed by atoms with Crippen molar-refractivity contribution in [1.29, 1.82) is 0 Å². The molecule has 1 amide bonds. The molecule has 3 aliphatic rings. The number of alkyl halides is 1. The zero-order valence-electron chi connectivity index (χ0n) is 40.6. The van der Waals surface area contributed by atoms with E-state index >= 15 is 0 Å². The van der Waals surface area contributed by atoms with Gasteiger partial charge in [-0.2, -0.15) is 0 Å². The summed E-state index contributed by atoms with van der Waals surface area (Å²) in [5.41, 5.74) is 1.69. The van der Waals surface area contributed by atoms with Crippen LogP contribution >= 0.6 is 15.9 Å². The first-order valence-electron chi connectivity index (χ1n) is 23.8. The molecule has 65 heavy (non-hydrogen) atoms. The molecule has 4 unspecified atom stereocenters. The van der Waals surface area contributed by atoms with Crippen LogP contribution in [0.4, 0.5) is 0 Å². The van der Waals surface area contributed by atoms with Gasteiger partial charge in [-0.3, -0.25) is 19.2 Å².